The van der Waals surface area contributed by atoms with E-state index in [-0.39, 0.29) is 22.2 Å². The Bertz CT molecular complexity index is 1370. The summed E-state index contributed by atoms with van der Waals surface area (Å²) in [5.41, 5.74) is 2.34. The lowest BCUT2D eigenvalue weighted by Crippen LogP contribution is -2.16. The number of aromatic amines is 1. The highest BCUT2D eigenvalue weighted by molar-refractivity contribution is 6.31. The van der Waals surface area contributed by atoms with Gasteiger partial charge in [0.05, 0.1) is 16.9 Å². The summed E-state index contributed by atoms with van der Waals surface area (Å²) in [4.78, 5) is 11.7. The molecule has 0 amide bonds. The number of nitrogens with zero attached hydrogens (tertiary/aromatic N) is 2. The van der Waals surface area contributed by atoms with E-state index < -0.39 is 29.2 Å². The number of aromatic nitrogens is 3. The van der Waals surface area contributed by atoms with Crippen LogP contribution in [0, 0.1) is 30.2 Å². The maximum absolute atomic E-state index is 15.1. The van der Waals surface area contributed by atoms with Crippen molar-refractivity contribution < 1.29 is 17.6 Å². The number of rotatable bonds is 2. The van der Waals surface area contributed by atoms with Gasteiger partial charge in [-0.15, -0.1) is 0 Å². The zero-order valence-corrected chi connectivity index (χ0v) is 18.5. The van der Waals surface area contributed by atoms with Gasteiger partial charge in [0.25, 0.3) is 0 Å². The van der Waals surface area contributed by atoms with E-state index in [1.807, 2.05) is 0 Å². The Balaban J connectivity index is 1.67. The van der Waals surface area contributed by atoms with Crippen LogP contribution < -0.4 is 0 Å². The molecule has 2 atom stereocenters. The zero-order valence-electron chi connectivity index (χ0n) is 17.7. The number of halogens is 5. The van der Waals surface area contributed by atoms with Crippen LogP contribution in [0.2, 0.25) is 5.02 Å². The van der Waals surface area contributed by atoms with Crippen molar-refractivity contribution in [3.8, 4) is 0 Å². The normalized spacial score (nSPS) is 18.7. The lowest BCUT2D eigenvalue weighted by molar-refractivity contribution is 0.459. The van der Waals surface area contributed by atoms with E-state index >= 15 is 4.39 Å². The van der Waals surface area contributed by atoms with Crippen molar-refractivity contribution in [3.63, 3.8) is 0 Å². The SMILES string of the molecule is Cc1nc(C2CCc3c([nH]c4ccc(Cl)c(F)c34)C(c3cccc(F)c3F)CC2)ncc1F. The lowest BCUT2D eigenvalue weighted by Gasteiger charge is -2.26. The summed E-state index contributed by atoms with van der Waals surface area (Å²) in [6, 6.07) is 7.26. The highest BCUT2D eigenvalue weighted by atomic mass is 35.5. The number of fused-ring (bicyclic) bond motifs is 3. The minimum absolute atomic E-state index is 0.00566. The molecule has 170 valence electrons. The average Bonchev–Trinajstić information content (AvgIpc) is 3.14. The number of hydrogen-bond donors (Lipinski definition) is 1. The van der Waals surface area contributed by atoms with Crippen LogP contribution >= 0.6 is 11.6 Å². The van der Waals surface area contributed by atoms with E-state index in [0.29, 0.717) is 53.7 Å². The van der Waals surface area contributed by atoms with E-state index in [9.17, 15) is 13.2 Å². The Morgan fingerprint density at radius 2 is 1.79 bits per heavy atom. The van der Waals surface area contributed by atoms with Gasteiger partial charge in [0.15, 0.2) is 23.3 Å². The average molecular weight is 474 g/mol. The molecule has 0 aliphatic heterocycles. The van der Waals surface area contributed by atoms with Gasteiger partial charge in [-0.05, 0) is 61.9 Å². The third-order valence-electron chi connectivity index (χ3n) is 6.55. The first kappa shape index (κ1) is 21.9. The smallest absolute Gasteiger partial charge is 0.162 e. The van der Waals surface area contributed by atoms with E-state index in [1.165, 1.54) is 12.1 Å². The molecule has 0 fully saturated rings. The number of benzene rings is 2. The molecule has 2 unspecified atom stereocenters. The van der Waals surface area contributed by atoms with Crippen LogP contribution in [0.5, 0.6) is 0 Å². The number of nitrogens with one attached hydrogen (secondary N) is 1. The van der Waals surface area contributed by atoms with Crippen LogP contribution in [0.1, 0.15) is 59.4 Å². The monoisotopic (exact) mass is 473 g/mol. The summed E-state index contributed by atoms with van der Waals surface area (Å²) in [5, 5.41) is 0.352. The van der Waals surface area contributed by atoms with E-state index in [4.69, 9.17) is 11.6 Å². The molecule has 0 saturated carbocycles. The third kappa shape index (κ3) is 3.78. The predicted octanol–water partition coefficient (Wildman–Crippen LogP) is 7.12. The van der Waals surface area contributed by atoms with Crippen LogP contribution in [-0.4, -0.2) is 15.0 Å². The van der Waals surface area contributed by atoms with E-state index in [1.54, 1.807) is 19.1 Å². The Hall–Kier alpha value is -2.93. The highest BCUT2D eigenvalue weighted by Gasteiger charge is 2.31. The fourth-order valence-corrected chi connectivity index (χ4v) is 5.02. The van der Waals surface area contributed by atoms with E-state index in [2.05, 4.69) is 15.0 Å². The highest BCUT2D eigenvalue weighted by Crippen LogP contribution is 2.43. The molecule has 2 aromatic carbocycles. The summed E-state index contributed by atoms with van der Waals surface area (Å²) < 4.78 is 57.8. The van der Waals surface area contributed by atoms with Crippen LogP contribution in [0.15, 0.2) is 36.5 Å². The summed E-state index contributed by atoms with van der Waals surface area (Å²) in [7, 11) is 0. The molecular weight excluding hydrogens is 454 g/mol. The number of H-pyrrole nitrogens is 1. The molecular formula is C25H20ClF4N3. The Morgan fingerprint density at radius 1 is 0.970 bits per heavy atom. The zero-order chi connectivity index (χ0) is 23.3. The van der Waals surface area contributed by atoms with Crippen LogP contribution in [-0.2, 0) is 6.42 Å². The van der Waals surface area contributed by atoms with Gasteiger partial charge >= 0.3 is 0 Å². The molecule has 5 rings (SSSR count). The first-order chi connectivity index (χ1) is 15.8. The van der Waals surface area contributed by atoms with Crippen molar-refractivity contribution >= 4 is 22.5 Å². The number of hydrogen-bond acceptors (Lipinski definition) is 2. The van der Waals surface area contributed by atoms with Crippen LogP contribution in [0.3, 0.4) is 0 Å². The molecule has 1 aliphatic carbocycles. The fourth-order valence-electron chi connectivity index (χ4n) is 4.86. The molecule has 8 heteroatoms. The van der Waals surface area contributed by atoms with Gasteiger partial charge in [-0.2, -0.15) is 0 Å². The Labute approximate surface area is 192 Å². The fraction of sp³-hybridized carbons (Fsp3) is 0.280. The van der Waals surface area contributed by atoms with E-state index in [0.717, 1.165) is 12.3 Å². The maximum Gasteiger partial charge on any atom is 0.162 e. The number of aryl methyl sites for hydroxylation is 2. The molecule has 1 N–H and O–H groups in total. The Kier molecular flexibility index (Phi) is 5.60. The van der Waals surface area contributed by atoms with Gasteiger partial charge < -0.3 is 4.98 Å². The quantitative estimate of drug-likeness (QED) is 0.315. The molecule has 4 aromatic rings. The Morgan fingerprint density at radius 3 is 2.58 bits per heavy atom. The van der Waals surface area contributed by atoms with Crippen molar-refractivity contribution in [3.05, 3.63) is 93.2 Å². The van der Waals surface area contributed by atoms with Gasteiger partial charge in [-0.1, -0.05) is 23.7 Å². The third-order valence-corrected chi connectivity index (χ3v) is 6.84. The van der Waals surface area contributed by atoms with Crippen LogP contribution in [0.25, 0.3) is 10.9 Å². The van der Waals surface area contributed by atoms with Crippen molar-refractivity contribution in [2.24, 2.45) is 0 Å². The second kappa shape index (κ2) is 8.45. The summed E-state index contributed by atoms with van der Waals surface area (Å²) >= 11 is 6.06. The standard InChI is InChI=1S/C25H20ClF4N3/c1-12-19(28)11-31-25(32-12)13-5-7-15(14-3-2-4-18(27)22(14)29)24-16(8-6-13)21-20(33-24)10-9-17(26)23(21)30/h2-4,9-11,13,15,33H,5-8H2,1H3. The molecule has 2 aromatic heterocycles. The lowest BCUT2D eigenvalue weighted by atomic mass is 9.80. The van der Waals surface area contributed by atoms with Gasteiger partial charge in [0, 0.05) is 28.4 Å². The van der Waals surface area contributed by atoms with Crippen molar-refractivity contribution in [1.82, 2.24) is 15.0 Å². The summed E-state index contributed by atoms with van der Waals surface area (Å²) in [6.45, 7) is 1.57. The molecule has 0 bridgehead atoms. The predicted molar refractivity (Wildman–Crippen MR) is 118 cm³/mol. The van der Waals surface area contributed by atoms with Gasteiger partial charge in [0.2, 0.25) is 0 Å². The topological polar surface area (TPSA) is 41.6 Å². The maximum atomic E-state index is 15.1. The minimum atomic E-state index is -0.935. The first-order valence-corrected chi connectivity index (χ1v) is 11.1. The molecule has 0 saturated heterocycles. The summed E-state index contributed by atoms with van der Waals surface area (Å²) in [5.74, 6) is -3.08. The second-order valence-corrected chi connectivity index (χ2v) is 8.88. The second-order valence-electron chi connectivity index (χ2n) is 8.47. The first-order valence-electron chi connectivity index (χ1n) is 10.8. The van der Waals surface area contributed by atoms with Crippen molar-refractivity contribution in [1.29, 1.82) is 0 Å². The van der Waals surface area contributed by atoms with Gasteiger partial charge in [0.1, 0.15) is 5.82 Å². The van der Waals surface area contributed by atoms with Crippen molar-refractivity contribution in [2.45, 2.75) is 44.4 Å². The minimum Gasteiger partial charge on any atom is -0.358 e. The van der Waals surface area contributed by atoms with Gasteiger partial charge in [-0.25, -0.2) is 27.5 Å². The summed E-state index contributed by atoms with van der Waals surface area (Å²) in [6.07, 6.45) is 3.21. The molecule has 33 heavy (non-hydrogen) atoms. The largest absolute Gasteiger partial charge is 0.358 e. The molecule has 1 aliphatic rings. The molecule has 3 nitrogen and oxygen atoms in total. The molecule has 0 radical (unpaired) electrons. The van der Waals surface area contributed by atoms with Crippen molar-refractivity contribution in [2.75, 3.05) is 0 Å². The van der Waals surface area contributed by atoms with Gasteiger partial charge in [-0.3, -0.25) is 0 Å². The van der Waals surface area contributed by atoms with Crippen LogP contribution in [0.4, 0.5) is 17.6 Å². The molecule has 2 heterocycles. The molecule has 0 spiro atoms.